The normalized spacial score (nSPS) is 33.4. The van der Waals surface area contributed by atoms with E-state index in [-0.39, 0.29) is 48.6 Å². The lowest BCUT2D eigenvalue weighted by atomic mass is 9.75. The van der Waals surface area contributed by atoms with Crippen molar-refractivity contribution in [3.63, 3.8) is 0 Å². The number of ether oxygens (including phenoxy) is 2. The summed E-state index contributed by atoms with van der Waals surface area (Å²) < 4.78 is 12.2. The molecule has 3 rings (SSSR count). The number of hydrogen-bond acceptors (Lipinski definition) is 7. The third-order valence-corrected chi connectivity index (χ3v) is 8.02. The molecule has 0 aromatic carbocycles. The van der Waals surface area contributed by atoms with Gasteiger partial charge < -0.3 is 14.6 Å². The number of nitrogens with zero attached hydrogens (tertiary/aromatic N) is 1. The zero-order chi connectivity index (χ0) is 27.2. The average Bonchev–Trinajstić information content (AvgIpc) is 3.41. The topological polar surface area (TPSA) is 85.7 Å². The number of aryl methyl sites for hydroxylation is 1. The van der Waals surface area contributed by atoms with Crippen molar-refractivity contribution >= 4 is 29.2 Å². The minimum absolute atomic E-state index is 0.111. The molecule has 2 bridgehead atoms. The van der Waals surface area contributed by atoms with Crippen molar-refractivity contribution in [2.45, 2.75) is 112 Å². The lowest BCUT2D eigenvalue weighted by Gasteiger charge is -2.30. The number of carbonyl (C=O) groups excluding carboxylic acids is 2. The van der Waals surface area contributed by atoms with Gasteiger partial charge in [0.15, 0.2) is 0 Å². The number of aliphatic hydroxyl groups is 1. The van der Waals surface area contributed by atoms with Gasteiger partial charge in [-0.05, 0) is 56.8 Å². The number of aliphatic hydroxyl groups excluding tert-OH is 1. The highest BCUT2D eigenvalue weighted by Gasteiger charge is 2.42. The van der Waals surface area contributed by atoms with E-state index >= 15 is 0 Å². The van der Waals surface area contributed by atoms with Gasteiger partial charge in [0.25, 0.3) is 0 Å². The summed E-state index contributed by atoms with van der Waals surface area (Å²) in [6, 6.07) is 0. The number of esters is 1. The minimum atomic E-state index is -0.781. The molecule has 36 heavy (non-hydrogen) atoms. The third-order valence-electron chi connectivity index (χ3n) is 7.23. The molecule has 0 radical (unpaired) electrons. The smallest absolute Gasteiger partial charge is 0.306 e. The van der Waals surface area contributed by atoms with E-state index in [0.29, 0.717) is 6.42 Å². The van der Waals surface area contributed by atoms with Crippen LogP contribution in [0.5, 0.6) is 0 Å². The Labute approximate surface area is 221 Å². The minimum Gasteiger partial charge on any atom is -0.458 e. The first kappa shape index (κ1) is 30.4. The molecule has 202 valence electrons. The second-order valence-corrected chi connectivity index (χ2v) is 11.8. The van der Waals surface area contributed by atoms with Crippen LogP contribution in [0, 0.1) is 24.2 Å². The maximum atomic E-state index is 13.3. The predicted octanol–water partition coefficient (Wildman–Crippen LogP) is 6.31. The zero-order valence-electron chi connectivity index (χ0n) is 23.5. The summed E-state index contributed by atoms with van der Waals surface area (Å²) >= 11 is 1.56. The molecule has 6 atom stereocenters. The van der Waals surface area contributed by atoms with Crippen LogP contribution in [-0.4, -0.2) is 46.3 Å². The molecule has 1 aromatic rings. The first-order valence-electron chi connectivity index (χ1n) is 13.2. The second-order valence-electron chi connectivity index (χ2n) is 10.7. The molecule has 6 nitrogen and oxygen atoms in total. The van der Waals surface area contributed by atoms with Crippen molar-refractivity contribution in [2.75, 3.05) is 0 Å². The van der Waals surface area contributed by atoms with Crippen LogP contribution in [-0.2, 0) is 19.1 Å². The van der Waals surface area contributed by atoms with E-state index in [4.69, 9.17) is 9.47 Å². The van der Waals surface area contributed by atoms with Crippen molar-refractivity contribution in [1.82, 2.24) is 4.98 Å². The van der Waals surface area contributed by atoms with Gasteiger partial charge >= 0.3 is 5.97 Å². The van der Waals surface area contributed by atoms with Crippen LogP contribution in [0.2, 0.25) is 0 Å². The van der Waals surface area contributed by atoms with Crippen molar-refractivity contribution < 1.29 is 24.2 Å². The van der Waals surface area contributed by atoms with Gasteiger partial charge in [-0.3, -0.25) is 9.59 Å². The molecular weight excluding hydrogens is 474 g/mol. The van der Waals surface area contributed by atoms with Crippen molar-refractivity contribution in [1.29, 1.82) is 0 Å². The second kappa shape index (κ2) is 13.1. The van der Waals surface area contributed by atoms with Gasteiger partial charge in [0.2, 0.25) is 0 Å². The summed E-state index contributed by atoms with van der Waals surface area (Å²) in [7, 11) is 0. The fraction of sp³-hybridized carbons (Fsp3) is 0.690. The number of aromatic nitrogens is 1. The monoisotopic (exact) mass is 519 g/mol. The van der Waals surface area contributed by atoms with Gasteiger partial charge in [-0.2, -0.15) is 0 Å². The number of fused-ring (bicyclic) bond motifs is 2. The summed E-state index contributed by atoms with van der Waals surface area (Å²) in [5, 5.41) is 13.9. The van der Waals surface area contributed by atoms with Gasteiger partial charge in [-0.15, -0.1) is 11.3 Å². The molecule has 1 saturated heterocycles. The first-order chi connectivity index (χ1) is 16.9. The Hall–Kier alpha value is -1.83. The SMILES string of the molecule is C/C1=C\C2C[C@H](C)[C@H](O2)[C@@H](C)C(=O)C(C)(C)CCC(=O)O[C@H](/C(C)=C/c2csc(C)n2)CC1O.CC. The summed E-state index contributed by atoms with van der Waals surface area (Å²) in [5.74, 6) is -0.289. The Kier molecular flexibility index (Phi) is 11.1. The van der Waals surface area contributed by atoms with Crippen LogP contribution >= 0.6 is 11.3 Å². The Morgan fingerprint density at radius 2 is 1.86 bits per heavy atom. The number of cyclic esters (lactones) is 1. The van der Waals surface area contributed by atoms with Crippen molar-refractivity contribution in [3.8, 4) is 0 Å². The van der Waals surface area contributed by atoms with Gasteiger partial charge in [-0.1, -0.05) is 47.6 Å². The van der Waals surface area contributed by atoms with Gasteiger partial charge in [0.05, 0.1) is 29.0 Å². The number of thiazole rings is 1. The lowest BCUT2D eigenvalue weighted by molar-refractivity contribution is -0.149. The zero-order valence-corrected chi connectivity index (χ0v) is 24.3. The average molecular weight is 520 g/mol. The van der Waals surface area contributed by atoms with Crippen molar-refractivity contribution in [3.05, 3.63) is 33.3 Å². The molecule has 3 heterocycles. The molecule has 7 heteroatoms. The molecule has 1 N–H and O–H groups in total. The van der Waals surface area contributed by atoms with E-state index in [0.717, 1.165) is 28.3 Å². The summed E-state index contributed by atoms with van der Waals surface area (Å²) in [6.45, 7) is 17.6. The number of carbonyl (C=O) groups is 2. The maximum absolute atomic E-state index is 13.3. The third kappa shape index (κ3) is 7.83. The Bertz CT molecular complexity index is 963. The number of rotatable bonds is 2. The molecular formula is C29H45NO5S. The molecule has 2 unspecified atom stereocenters. The Morgan fingerprint density at radius 3 is 2.47 bits per heavy atom. The molecule has 1 fully saturated rings. The van der Waals surface area contributed by atoms with Crippen LogP contribution in [0.1, 0.15) is 91.8 Å². The highest BCUT2D eigenvalue weighted by molar-refractivity contribution is 7.09. The molecule has 1 aromatic heterocycles. The van der Waals surface area contributed by atoms with Gasteiger partial charge in [0, 0.05) is 29.6 Å². The standard InChI is InChI=1S/C27H39NO5S.C2H6/c1-15-11-21-12-17(3)25(32-21)18(4)26(31)27(6,7)9-8-24(30)33-23(13-22(15)29)16(2)10-20-14-34-19(5)28-20;1-2/h10-11,14,17-18,21-23,25,29H,8-9,12-13H2,1-7H3;1-2H3/b15-11+,16-10+;/t17-,18+,21?,22?,23-,25-;/m0./s1. The largest absolute Gasteiger partial charge is 0.458 e. The van der Waals surface area contributed by atoms with Crippen LogP contribution in [0.4, 0.5) is 0 Å². The number of ketones is 1. The van der Waals surface area contributed by atoms with Crippen molar-refractivity contribution in [2.24, 2.45) is 17.3 Å². The van der Waals surface area contributed by atoms with E-state index in [9.17, 15) is 14.7 Å². The van der Waals surface area contributed by atoms with E-state index in [1.54, 1.807) is 11.3 Å². The van der Waals surface area contributed by atoms with Gasteiger partial charge in [0.1, 0.15) is 11.9 Å². The maximum Gasteiger partial charge on any atom is 0.306 e. The highest BCUT2D eigenvalue weighted by Crippen LogP contribution is 2.37. The van der Waals surface area contributed by atoms with Crippen LogP contribution in [0.3, 0.4) is 0 Å². The van der Waals surface area contributed by atoms with E-state index < -0.39 is 17.6 Å². The van der Waals surface area contributed by atoms with E-state index in [1.807, 2.05) is 72.9 Å². The number of Topliss-reactive ketones (excluding diaryl/α,β-unsaturated/α-hetero) is 1. The Balaban J connectivity index is 0.00000222. The van der Waals surface area contributed by atoms with E-state index in [2.05, 4.69) is 11.9 Å². The number of hydrogen-bond donors (Lipinski definition) is 1. The Morgan fingerprint density at radius 1 is 1.19 bits per heavy atom. The molecule has 2 aliphatic heterocycles. The molecule has 2 aliphatic rings. The lowest BCUT2D eigenvalue weighted by Crippen LogP contribution is -2.38. The molecule has 0 saturated carbocycles. The quantitative estimate of drug-likeness (QED) is 0.364. The van der Waals surface area contributed by atoms with Crippen LogP contribution < -0.4 is 0 Å². The molecule has 0 amide bonds. The van der Waals surface area contributed by atoms with E-state index in [1.165, 1.54) is 0 Å². The first-order valence-corrected chi connectivity index (χ1v) is 14.1. The fourth-order valence-electron chi connectivity index (χ4n) is 5.02. The predicted molar refractivity (Wildman–Crippen MR) is 146 cm³/mol. The van der Waals surface area contributed by atoms with Crippen LogP contribution in [0.15, 0.2) is 22.6 Å². The highest BCUT2D eigenvalue weighted by atomic mass is 32.1. The summed E-state index contributed by atoms with van der Waals surface area (Å²) in [4.78, 5) is 30.7. The molecule has 0 aliphatic carbocycles. The summed E-state index contributed by atoms with van der Waals surface area (Å²) in [5.41, 5.74) is 1.76. The van der Waals surface area contributed by atoms with Crippen LogP contribution in [0.25, 0.3) is 6.08 Å². The van der Waals surface area contributed by atoms with Gasteiger partial charge in [-0.25, -0.2) is 4.98 Å². The summed E-state index contributed by atoms with van der Waals surface area (Å²) in [6.07, 6.45) is 3.79. The molecule has 0 spiro atoms. The fourth-order valence-corrected chi connectivity index (χ4v) is 5.59.